The maximum Gasteiger partial charge on any atom is 0.269 e. The summed E-state index contributed by atoms with van der Waals surface area (Å²) in [6, 6.07) is 9.44. The number of fused-ring (bicyclic) bond motifs is 1. The molecule has 1 aromatic carbocycles. The fraction of sp³-hybridized carbons (Fsp3) is 0.214. The topological polar surface area (TPSA) is 85.8 Å². The van der Waals surface area contributed by atoms with Crippen molar-refractivity contribution in [2.75, 3.05) is 18.4 Å². The average Bonchev–Trinajstić information content (AvgIpc) is 2.90. The monoisotopic (exact) mass is 301 g/mol. The highest BCUT2D eigenvalue weighted by atomic mass is 32.1. The minimum Gasteiger partial charge on any atom is -0.382 e. The largest absolute Gasteiger partial charge is 0.382 e. The smallest absolute Gasteiger partial charge is 0.269 e. The quantitative estimate of drug-likeness (QED) is 0.741. The van der Waals surface area contributed by atoms with Crippen molar-refractivity contribution in [2.24, 2.45) is 5.73 Å². The number of hydrogen-bond donors (Lipinski definition) is 2. The Kier molecular flexibility index (Phi) is 3.94. The van der Waals surface area contributed by atoms with Gasteiger partial charge in [0.05, 0.1) is 28.6 Å². The van der Waals surface area contributed by atoms with E-state index in [1.807, 2.05) is 24.3 Å². The summed E-state index contributed by atoms with van der Waals surface area (Å²) < 4.78 is 2.52. The van der Waals surface area contributed by atoms with Gasteiger partial charge in [-0.1, -0.05) is 12.1 Å². The van der Waals surface area contributed by atoms with E-state index in [4.69, 9.17) is 5.73 Å². The number of nitrogens with one attached hydrogen (secondary N) is 1. The van der Waals surface area contributed by atoms with E-state index < -0.39 is 0 Å². The number of aromatic nitrogens is 3. The minimum absolute atomic E-state index is 0.156. The van der Waals surface area contributed by atoms with Gasteiger partial charge in [0, 0.05) is 19.2 Å². The Morgan fingerprint density at radius 2 is 2.19 bits per heavy atom. The summed E-state index contributed by atoms with van der Waals surface area (Å²) in [6.45, 7) is 1.51. The molecule has 0 aliphatic heterocycles. The van der Waals surface area contributed by atoms with Crippen LogP contribution in [-0.4, -0.2) is 27.9 Å². The summed E-state index contributed by atoms with van der Waals surface area (Å²) in [6.07, 6.45) is 1.63. The zero-order chi connectivity index (χ0) is 14.7. The standard InChI is InChI=1S/C14H15N5OS/c15-5-6-16-10-7-14(20)19(17-8-10)9-13-18-11-3-1-2-4-12(11)21-13/h1-4,7-8,16H,5-6,9,15H2. The second kappa shape index (κ2) is 6.02. The van der Waals surface area contributed by atoms with Crippen molar-refractivity contribution in [2.45, 2.75) is 6.54 Å². The molecule has 0 saturated heterocycles. The van der Waals surface area contributed by atoms with Gasteiger partial charge >= 0.3 is 0 Å². The van der Waals surface area contributed by atoms with Crippen LogP contribution in [0, 0.1) is 0 Å². The van der Waals surface area contributed by atoms with Gasteiger partial charge in [-0.2, -0.15) is 5.10 Å². The molecule has 0 aliphatic carbocycles. The Morgan fingerprint density at radius 1 is 1.33 bits per heavy atom. The van der Waals surface area contributed by atoms with Crippen molar-refractivity contribution < 1.29 is 0 Å². The number of benzene rings is 1. The molecule has 6 nitrogen and oxygen atoms in total. The number of hydrogen-bond acceptors (Lipinski definition) is 6. The van der Waals surface area contributed by atoms with Gasteiger partial charge in [-0.15, -0.1) is 11.3 Å². The lowest BCUT2D eigenvalue weighted by Crippen LogP contribution is -2.24. The molecular formula is C14H15N5OS. The second-order valence-electron chi connectivity index (χ2n) is 4.53. The normalized spacial score (nSPS) is 10.9. The lowest BCUT2D eigenvalue weighted by Gasteiger charge is -2.05. The molecule has 0 bridgehead atoms. The predicted octanol–water partition coefficient (Wildman–Crippen LogP) is 1.27. The van der Waals surface area contributed by atoms with Crippen LogP contribution in [0.3, 0.4) is 0 Å². The molecule has 3 aromatic rings. The third-order valence-corrected chi connectivity index (χ3v) is 3.99. The van der Waals surface area contributed by atoms with E-state index in [2.05, 4.69) is 15.4 Å². The Labute approximate surface area is 125 Å². The molecule has 0 saturated carbocycles. The summed E-state index contributed by atoms with van der Waals surface area (Å²) in [5.41, 5.74) is 6.89. The van der Waals surface area contributed by atoms with E-state index in [0.717, 1.165) is 15.2 Å². The van der Waals surface area contributed by atoms with Crippen LogP contribution < -0.4 is 16.6 Å². The molecule has 0 amide bonds. The number of thiazole rings is 1. The van der Waals surface area contributed by atoms with Gasteiger partial charge in [-0.25, -0.2) is 9.67 Å². The van der Waals surface area contributed by atoms with Gasteiger partial charge in [-0.3, -0.25) is 4.79 Å². The SMILES string of the molecule is NCCNc1cnn(Cc2nc3ccccc3s2)c(=O)c1. The molecule has 0 fully saturated rings. The lowest BCUT2D eigenvalue weighted by atomic mass is 10.3. The molecule has 7 heteroatoms. The number of para-hydroxylation sites is 1. The first-order valence-corrected chi connectivity index (χ1v) is 7.43. The van der Waals surface area contributed by atoms with E-state index in [9.17, 15) is 4.79 Å². The van der Waals surface area contributed by atoms with E-state index in [1.54, 1.807) is 17.5 Å². The minimum atomic E-state index is -0.156. The number of anilines is 1. The first-order chi connectivity index (χ1) is 10.3. The zero-order valence-corrected chi connectivity index (χ0v) is 12.1. The predicted molar refractivity (Wildman–Crippen MR) is 84.8 cm³/mol. The summed E-state index contributed by atoms with van der Waals surface area (Å²) in [4.78, 5) is 16.5. The maximum absolute atomic E-state index is 12.0. The van der Waals surface area contributed by atoms with Crippen LogP contribution in [0.2, 0.25) is 0 Å². The molecule has 0 aliphatic rings. The summed E-state index contributed by atoms with van der Waals surface area (Å²) in [5.74, 6) is 0. The molecule has 2 aromatic heterocycles. The van der Waals surface area contributed by atoms with Crippen molar-refractivity contribution in [3.8, 4) is 0 Å². The van der Waals surface area contributed by atoms with E-state index in [0.29, 0.717) is 25.3 Å². The van der Waals surface area contributed by atoms with Crippen LogP contribution in [0.15, 0.2) is 41.3 Å². The average molecular weight is 301 g/mol. The summed E-state index contributed by atoms with van der Waals surface area (Å²) in [7, 11) is 0. The number of nitrogens with zero attached hydrogens (tertiary/aromatic N) is 3. The van der Waals surface area contributed by atoms with Gasteiger partial charge in [0.25, 0.3) is 5.56 Å². The zero-order valence-electron chi connectivity index (χ0n) is 11.3. The van der Waals surface area contributed by atoms with Crippen molar-refractivity contribution in [1.29, 1.82) is 0 Å². The first-order valence-electron chi connectivity index (χ1n) is 6.62. The Morgan fingerprint density at radius 3 is 2.95 bits per heavy atom. The highest BCUT2D eigenvalue weighted by molar-refractivity contribution is 7.18. The van der Waals surface area contributed by atoms with Crippen LogP contribution in [0.1, 0.15) is 5.01 Å². The molecule has 3 rings (SSSR count). The highest BCUT2D eigenvalue weighted by Gasteiger charge is 2.06. The molecular weight excluding hydrogens is 286 g/mol. The molecule has 0 radical (unpaired) electrons. The van der Waals surface area contributed by atoms with Crippen LogP contribution in [0.4, 0.5) is 5.69 Å². The lowest BCUT2D eigenvalue weighted by molar-refractivity contribution is 0.638. The fourth-order valence-corrected chi connectivity index (χ4v) is 2.93. The summed E-state index contributed by atoms with van der Waals surface area (Å²) >= 11 is 1.58. The molecule has 0 atom stereocenters. The fourth-order valence-electron chi connectivity index (χ4n) is 1.98. The van der Waals surface area contributed by atoms with Crippen LogP contribution in [-0.2, 0) is 6.54 Å². The van der Waals surface area contributed by atoms with Gasteiger partial charge < -0.3 is 11.1 Å². The maximum atomic E-state index is 12.0. The van der Waals surface area contributed by atoms with E-state index in [1.165, 1.54) is 10.7 Å². The highest BCUT2D eigenvalue weighted by Crippen LogP contribution is 2.21. The Hall–Kier alpha value is -2.25. The molecule has 0 unspecified atom stereocenters. The van der Waals surface area contributed by atoms with Crippen LogP contribution in [0.5, 0.6) is 0 Å². The van der Waals surface area contributed by atoms with Crippen molar-refractivity contribution in [3.05, 3.63) is 51.9 Å². The van der Waals surface area contributed by atoms with Crippen molar-refractivity contribution in [3.63, 3.8) is 0 Å². The number of nitrogens with two attached hydrogens (primary N) is 1. The second-order valence-corrected chi connectivity index (χ2v) is 5.65. The van der Waals surface area contributed by atoms with Crippen LogP contribution >= 0.6 is 11.3 Å². The third-order valence-electron chi connectivity index (χ3n) is 2.97. The van der Waals surface area contributed by atoms with Crippen LogP contribution in [0.25, 0.3) is 10.2 Å². The van der Waals surface area contributed by atoms with Crippen molar-refractivity contribution >= 4 is 27.2 Å². The molecule has 108 valence electrons. The van der Waals surface area contributed by atoms with Gasteiger partial charge in [0.2, 0.25) is 0 Å². The molecule has 0 spiro atoms. The molecule has 2 heterocycles. The molecule has 3 N–H and O–H groups in total. The number of rotatable bonds is 5. The first kappa shape index (κ1) is 13.7. The third kappa shape index (κ3) is 3.09. The van der Waals surface area contributed by atoms with E-state index in [-0.39, 0.29) is 5.56 Å². The van der Waals surface area contributed by atoms with Gasteiger partial charge in [0.1, 0.15) is 5.01 Å². The Balaban J connectivity index is 1.82. The van der Waals surface area contributed by atoms with Gasteiger partial charge in [-0.05, 0) is 12.1 Å². The van der Waals surface area contributed by atoms with Gasteiger partial charge in [0.15, 0.2) is 0 Å². The summed E-state index contributed by atoms with van der Waals surface area (Å²) in [5, 5.41) is 8.07. The molecule has 21 heavy (non-hydrogen) atoms. The Bertz CT molecular complexity index is 777. The van der Waals surface area contributed by atoms with E-state index >= 15 is 0 Å². The van der Waals surface area contributed by atoms with Crippen molar-refractivity contribution in [1.82, 2.24) is 14.8 Å².